The minimum atomic E-state index is -0.680. The van der Waals surface area contributed by atoms with E-state index in [0.717, 1.165) is 83.5 Å². The predicted molar refractivity (Wildman–Crippen MR) is 232 cm³/mol. The molecular weight excluding hydrogens is 671 g/mol. The van der Waals surface area contributed by atoms with Gasteiger partial charge in [0.25, 0.3) is 0 Å². The van der Waals surface area contributed by atoms with E-state index >= 15 is 0 Å². The molecule has 3 N–H and O–H groups in total. The third-order valence-corrected chi connectivity index (χ3v) is 10.7. The molecule has 0 bridgehead atoms. The minimum Gasteiger partial charge on any atom is -0.466 e. The maximum absolute atomic E-state index is 12.4. The van der Waals surface area contributed by atoms with Gasteiger partial charge in [-0.15, -0.1) is 0 Å². The minimum absolute atomic E-state index is 0.0394. The van der Waals surface area contributed by atoms with Gasteiger partial charge in [0.15, 0.2) is 0 Å². The van der Waals surface area contributed by atoms with Gasteiger partial charge in [0.05, 0.1) is 25.4 Å². The summed E-state index contributed by atoms with van der Waals surface area (Å²) in [5.41, 5.74) is 0. The molecule has 0 aliphatic heterocycles. The van der Waals surface area contributed by atoms with E-state index in [1.54, 1.807) is 0 Å². The highest BCUT2D eigenvalue weighted by Gasteiger charge is 2.20. The first-order valence-electron chi connectivity index (χ1n) is 23.6. The van der Waals surface area contributed by atoms with Crippen LogP contribution in [0.1, 0.15) is 245 Å². The van der Waals surface area contributed by atoms with Gasteiger partial charge < -0.3 is 20.3 Å². The number of carbonyl (C=O) groups excluding carboxylic acids is 2. The van der Waals surface area contributed by atoms with E-state index in [2.05, 4.69) is 43.5 Å². The van der Waals surface area contributed by atoms with Crippen LogP contribution < -0.4 is 5.32 Å². The second-order valence-electron chi connectivity index (χ2n) is 16.1. The van der Waals surface area contributed by atoms with Gasteiger partial charge in [-0.05, 0) is 77.0 Å². The topological polar surface area (TPSA) is 95.9 Å². The van der Waals surface area contributed by atoms with Crippen molar-refractivity contribution in [2.24, 2.45) is 0 Å². The molecule has 0 saturated heterocycles. The van der Waals surface area contributed by atoms with E-state index in [-0.39, 0.29) is 18.5 Å². The Kier molecular flexibility index (Phi) is 42.7. The van der Waals surface area contributed by atoms with Gasteiger partial charge in [-0.2, -0.15) is 0 Å². The first-order valence-corrected chi connectivity index (χ1v) is 23.6. The standard InChI is InChI=1S/C48H91NO5/c1-3-5-7-9-11-13-15-16-17-18-19-22-26-30-34-38-42-48(53)54-43-39-35-31-27-23-20-21-25-29-33-37-41-47(52)49-45(44-50)46(51)40-36-32-28-24-14-12-10-8-6-4-2/h17-18,23,27,45-46,50-51H,3-16,19-22,24-26,28-44H2,1-2H3,(H,49,52)/b18-17-,27-23-. The molecule has 0 aliphatic rings. The summed E-state index contributed by atoms with van der Waals surface area (Å²) in [6, 6.07) is -0.560. The van der Waals surface area contributed by atoms with Crippen LogP contribution >= 0.6 is 0 Å². The fourth-order valence-electron chi connectivity index (χ4n) is 7.04. The van der Waals surface area contributed by atoms with E-state index in [4.69, 9.17) is 4.74 Å². The van der Waals surface area contributed by atoms with Gasteiger partial charge in [-0.3, -0.25) is 9.59 Å². The summed E-state index contributed by atoms with van der Waals surface area (Å²) < 4.78 is 5.43. The van der Waals surface area contributed by atoms with Crippen molar-refractivity contribution in [1.29, 1.82) is 0 Å². The van der Waals surface area contributed by atoms with Crippen molar-refractivity contribution in [2.45, 2.75) is 257 Å². The average Bonchev–Trinajstić information content (AvgIpc) is 3.17. The highest BCUT2D eigenvalue weighted by Crippen LogP contribution is 2.15. The van der Waals surface area contributed by atoms with E-state index < -0.39 is 12.1 Å². The maximum atomic E-state index is 12.4. The first kappa shape index (κ1) is 52.3. The molecule has 2 atom stereocenters. The second kappa shape index (κ2) is 44.1. The molecule has 6 heteroatoms. The normalized spacial score (nSPS) is 12.9. The molecular formula is C48H91NO5. The number of amides is 1. The lowest BCUT2D eigenvalue weighted by atomic mass is 10.0. The van der Waals surface area contributed by atoms with Gasteiger partial charge in [0.1, 0.15) is 0 Å². The molecule has 318 valence electrons. The summed E-state index contributed by atoms with van der Waals surface area (Å²) in [6.07, 6.45) is 50.0. The van der Waals surface area contributed by atoms with Crippen LogP contribution in [0.3, 0.4) is 0 Å². The van der Waals surface area contributed by atoms with Crippen molar-refractivity contribution in [2.75, 3.05) is 13.2 Å². The van der Waals surface area contributed by atoms with Crippen molar-refractivity contribution >= 4 is 11.9 Å². The number of aliphatic hydroxyl groups is 2. The number of rotatable bonds is 43. The molecule has 0 fully saturated rings. The predicted octanol–water partition coefficient (Wildman–Crippen LogP) is 13.6. The number of hydrogen-bond donors (Lipinski definition) is 3. The monoisotopic (exact) mass is 762 g/mol. The van der Waals surface area contributed by atoms with Crippen molar-refractivity contribution in [1.82, 2.24) is 5.32 Å². The van der Waals surface area contributed by atoms with Crippen LogP contribution in [0.5, 0.6) is 0 Å². The number of esters is 1. The average molecular weight is 762 g/mol. The summed E-state index contributed by atoms with van der Waals surface area (Å²) in [4.78, 5) is 24.4. The van der Waals surface area contributed by atoms with Crippen molar-refractivity contribution < 1.29 is 24.5 Å². The molecule has 6 nitrogen and oxygen atoms in total. The zero-order chi connectivity index (χ0) is 39.4. The molecule has 0 spiro atoms. The quantitative estimate of drug-likeness (QED) is 0.0327. The highest BCUT2D eigenvalue weighted by molar-refractivity contribution is 5.76. The largest absolute Gasteiger partial charge is 0.466 e. The smallest absolute Gasteiger partial charge is 0.305 e. The fraction of sp³-hybridized carbons (Fsp3) is 0.875. The van der Waals surface area contributed by atoms with Gasteiger partial charge in [0.2, 0.25) is 5.91 Å². The Hall–Kier alpha value is -1.66. The zero-order valence-corrected chi connectivity index (χ0v) is 36.0. The van der Waals surface area contributed by atoms with Crippen LogP contribution in [-0.4, -0.2) is 47.4 Å². The Morgan fingerprint density at radius 1 is 0.500 bits per heavy atom. The van der Waals surface area contributed by atoms with Crippen LogP contribution in [0.25, 0.3) is 0 Å². The first-order chi connectivity index (χ1) is 26.5. The lowest BCUT2D eigenvalue weighted by Gasteiger charge is -2.22. The van der Waals surface area contributed by atoms with Gasteiger partial charge in [-0.25, -0.2) is 0 Å². The van der Waals surface area contributed by atoms with E-state index in [9.17, 15) is 19.8 Å². The Morgan fingerprint density at radius 3 is 1.31 bits per heavy atom. The van der Waals surface area contributed by atoms with E-state index in [1.807, 2.05) is 0 Å². The van der Waals surface area contributed by atoms with E-state index in [1.165, 1.54) is 128 Å². The Bertz CT molecular complexity index is 843. The van der Waals surface area contributed by atoms with Crippen molar-refractivity contribution in [3.8, 4) is 0 Å². The summed E-state index contributed by atoms with van der Waals surface area (Å²) in [5, 5.41) is 23.0. The zero-order valence-electron chi connectivity index (χ0n) is 36.0. The highest BCUT2D eigenvalue weighted by atomic mass is 16.5. The molecule has 0 rings (SSSR count). The lowest BCUT2D eigenvalue weighted by molar-refractivity contribution is -0.143. The molecule has 0 heterocycles. The molecule has 0 aromatic rings. The number of carbonyl (C=O) groups is 2. The van der Waals surface area contributed by atoms with Crippen LogP contribution in [-0.2, 0) is 14.3 Å². The summed E-state index contributed by atoms with van der Waals surface area (Å²) in [5.74, 6) is -0.107. The molecule has 0 aromatic carbocycles. The molecule has 0 saturated carbocycles. The molecule has 2 unspecified atom stereocenters. The number of nitrogens with one attached hydrogen (secondary N) is 1. The van der Waals surface area contributed by atoms with E-state index in [0.29, 0.717) is 25.9 Å². The lowest BCUT2D eigenvalue weighted by Crippen LogP contribution is -2.45. The van der Waals surface area contributed by atoms with Crippen molar-refractivity contribution in [3.05, 3.63) is 24.3 Å². The fourth-order valence-corrected chi connectivity index (χ4v) is 7.04. The Labute approximate surface area is 335 Å². The van der Waals surface area contributed by atoms with Crippen LogP contribution in [0.15, 0.2) is 24.3 Å². The number of aliphatic hydroxyl groups excluding tert-OH is 2. The second-order valence-corrected chi connectivity index (χ2v) is 16.1. The maximum Gasteiger partial charge on any atom is 0.305 e. The number of unbranched alkanes of at least 4 members (excludes halogenated alkanes) is 28. The third-order valence-electron chi connectivity index (χ3n) is 10.7. The Morgan fingerprint density at radius 2 is 0.870 bits per heavy atom. The molecule has 0 aliphatic carbocycles. The van der Waals surface area contributed by atoms with Crippen LogP contribution in [0, 0.1) is 0 Å². The Balaban J connectivity index is 3.51. The number of ether oxygens (including phenoxy) is 1. The van der Waals surface area contributed by atoms with Crippen LogP contribution in [0.2, 0.25) is 0 Å². The number of allylic oxidation sites excluding steroid dienone is 4. The SMILES string of the molecule is CCCCCCCCC/C=C\CCCCCCCC(=O)OCCCC/C=C\CCCCCCCC(=O)NC(CO)C(O)CCCCCCCCCCCC. The summed E-state index contributed by atoms with van der Waals surface area (Å²) >= 11 is 0. The molecule has 0 radical (unpaired) electrons. The molecule has 0 aromatic heterocycles. The third kappa shape index (κ3) is 40.0. The molecule has 54 heavy (non-hydrogen) atoms. The molecule has 1 amide bonds. The summed E-state index contributed by atoms with van der Waals surface area (Å²) in [7, 11) is 0. The van der Waals surface area contributed by atoms with Gasteiger partial charge >= 0.3 is 5.97 Å². The van der Waals surface area contributed by atoms with Gasteiger partial charge in [0, 0.05) is 12.8 Å². The van der Waals surface area contributed by atoms with Crippen molar-refractivity contribution in [3.63, 3.8) is 0 Å². The van der Waals surface area contributed by atoms with Gasteiger partial charge in [-0.1, -0.05) is 179 Å². The van der Waals surface area contributed by atoms with Crippen LogP contribution in [0.4, 0.5) is 0 Å². The summed E-state index contributed by atoms with van der Waals surface area (Å²) in [6.45, 7) is 4.84. The number of hydrogen-bond acceptors (Lipinski definition) is 5.